The Hall–Kier alpha value is -0.770. The van der Waals surface area contributed by atoms with Crippen LogP contribution in [0.4, 0.5) is 0 Å². The number of benzene rings is 1. The Balaban J connectivity index is 1.82. The normalized spacial score (nSPS) is 18.0. The zero-order valence-corrected chi connectivity index (χ0v) is 13.2. The maximum absolute atomic E-state index is 10.1. The minimum Gasteiger partial charge on any atom is -0.491 e. The van der Waals surface area contributed by atoms with Crippen LogP contribution in [0.25, 0.3) is 0 Å². The molecule has 1 heterocycles. The van der Waals surface area contributed by atoms with Gasteiger partial charge in [0, 0.05) is 5.02 Å². The van der Waals surface area contributed by atoms with Crippen molar-refractivity contribution in [3.8, 4) is 5.75 Å². The van der Waals surface area contributed by atoms with Gasteiger partial charge in [-0.3, -0.25) is 0 Å². The van der Waals surface area contributed by atoms with Crippen LogP contribution in [0, 0.1) is 13.8 Å². The number of aliphatic hydroxyl groups is 1. The smallest absolute Gasteiger partial charge is 0.137 e. The highest BCUT2D eigenvalue weighted by molar-refractivity contribution is 6.32. The Labute approximate surface area is 126 Å². The lowest BCUT2D eigenvalue weighted by Crippen LogP contribution is -3.14. The lowest BCUT2D eigenvalue weighted by Gasteiger charge is -2.25. The molecular formula is C16H25ClNO2+. The Morgan fingerprint density at radius 3 is 2.40 bits per heavy atom. The second kappa shape index (κ2) is 7.30. The lowest BCUT2D eigenvalue weighted by molar-refractivity contribution is -0.908. The van der Waals surface area contributed by atoms with Crippen molar-refractivity contribution in [2.75, 3.05) is 26.2 Å². The average Bonchev–Trinajstić information content (AvgIpc) is 2.43. The molecule has 1 saturated heterocycles. The fourth-order valence-corrected chi connectivity index (χ4v) is 2.94. The minimum absolute atomic E-state index is 0.351. The first-order valence-corrected chi connectivity index (χ1v) is 7.85. The number of nitrogens with one attached hydrogen (secondary N) is 1. The van der Waals surface area contributed by atoms with Gasteiger partial charge in [0.2, 0.25) is 0 Å². The number of ether oxygens (including phenoxy) is 1. The Kier molecular flexibility index (Phi) is 5.70. The number of halogens is 1. The molecular weight excluding hydrogens is 274 g/mol. The maximum atomic E-state index is 10.1. The summed E-state index contributed by atoms with van der Waals surface area (Å²) in [4.78, 5) is 1.50. The zero-order valence-electron chi connectivity index (χ0n) is 12.4. The van der Waals surface area contributed by atoms with E-state index in [1.807, 2.05) is 26.0 Å². The van der Waals surface area contributed by atoms with Gasteiger partial charge in [0.1, 0.15) is 25.0 Å². The number of piperidine rings is 1. The molecule has 1 fully saturated rings. The standard InChI is InChI=1S/C16H24ClNO2/c1-12-8-15(9-13(2)16(12)17)20-11-14(19)10-18-6-4-3-5-7-18/h8-9,14,19H,3-7,10-11H2,1-2H3/p+1/t14-/m0/s1. The summed E-state index contributed by atoms with van der Waals surface area (Å²) >= 11 is 6.13. The molecule has 0 bridgehead atoms. The van der Waals surface area contributed by atoms with E-state index in [1.165, 1.54) is 37.3 Å². The van der Waals surface area contributed by atoms with Gasteiger partial charge in [-0.05, 0) is 56.4 Å². The molecule has 0 amide bonds. The maximum Gasteiger partial charge on any atom is 0.137 e. The largest absolute Gasteiger partial charge is 0.491 e. The van der Waals surface area contributed by atoms with Crippen LogP contribution in [-0.4, -0.2) is 37.5 Å². The summed E-state index contributed by atoms with van der Waals surface area (Å²) in [5.74, 6) is 0.789. The molecule has 0 aromatic heterocycles. The molecule has 0 aliphatic carbocycles. The molecule has 0 saturated carbocycles. The second-order valence-electron chi connectivity index (χ2n) is 5.85. The van der Waals surface area contributed by atoms with E-state index >= 15 is 0 Å². The summed E-state index contributed by atoms with van der Waals surface area (Å²) in [7, 11) is 0. The first kappa shape index (κ1) is 15.6. The van der Waals surface area contributed by atoms with Gasteiger partial charge in [0.15, 0.2) is 0 Å². The van der Waals surface area contributed by atoms with Crippen molar-refractivity contribution >= 4 is 11.6 Å². The van der Waals surface area contributed by atoms with Gasteiger partial charge in [-0.15, -0.1) is 0 Å². The fourth-order valence-electron chi connectivity index (χ4n) is 2.83. The van der Waals surface area contributed by atoms with Crippen LogP contribution in [-0.2, 0) is 0 Å². The predicted molar refractivity (Wildman–Crippen MR) is 81.8 cm³/mol. The quantitative estimate of drug-likeness (QED) is 0.869. The predicted octanol–water partition coefficient (Wildman–Crippen LogP) is 1.77. The number of aliphatic hydroxyl groups excluding tert-OH is 1. The number of likely N-dealkylation sites (tertiary alicyclic amines) is 1. The van der Waals surface area contributed by atoms with Crippen LogP contribution >= 0.6 is 11.6 Å². The first-order valence-electron chi connectivity index (χ1n) is 7.47. The molecule has 1 atom stereocenters. The zero-order chi connectivity index (χ0) is 14.5. The molecule has 1 aliphatic rings. The summed E-state index contributed by atoms with van der Waals surface area (Å²) in [6, 6.07) is 3.85. The van der Waals surface area contributed by atoms with Gasteiger partial charge in [-0.1, -0.05) is 11.6 Å². The third-order valence-electron chi connectivity index (χ3n) is 3.94. The van der Waals surface area contributed by atoms with E-state index in [9.17, 15) is 5.11 Å². The van der Waals surface area contributed by atoms with E-state index in [0.29, 0.717) is 6.61 Å². The van der Waals surface area contributed by atoms with Crippen molar-refractivity contribution in [1.29, 1.82) is 0 Å². The Morgan fingerprint density at radius 2 is 1.80 bits per heavy atom. The van der Waals surface area contributed by atoms with Crippen molar-refractivity contribution in [1.82, 2.24) is 0 Å². The third-order valence-corrected chi connectivity index (χ3v) is 4.53. The van der Waals surface area contributed by atoms with Gasteiger partial charge in [-0.25, -0.2) is 0 Å². The molecule has 0 unspecified atom stereocenters. The van der Waals surface area contributed by atoms with Crippen LogP contribution in [0.1, 0.15) is 30.4 Å². The van der Waals surface area contributed by atoms with E-state index in [0.717, 1.165) is 28.4 Å². The first-order chi connectivity index (χ1) is 9.56. The summed E-state index contributed by atoms with van der Waals surface area (Å²) in [5.41, 5.74) is 2.02. The number of aryl methyl sites for hydroxylation is 2. The highest BCUT2D eigenvalue weighted by Crippen LogP contribution is 2.25. The Morgan fingerprint density at radius 1 is 1.20 bits per heavy atom. The molecule has 20 heavy (non-hydrogen) atoms. The van der Waals surface area contributed by atoms with Gasteiger partial charge >= 0.3 is 0 Å². The molecule has 1 aromatic rings. The van der Waals surface area contributed by atoms with Crippen molar-refractivity contribution in [3.63, 3.8) is 0 Å². The number of hydrogen-bond acceptors (Lipinski definition) is 2. The molecule has 0 spiro atoms. The van der Waals surface area contributed by atoms with E-state index in [1.54, 1.807) is 0 Å². The number of quaternary nitrogens is 1. The van der Waals surface area contributed by atoms with Gasteiger partial charge < -0.3 is 14.7 Å². The number of rotatable bonds is 5. The van der Waals surface area contributed by atoms with E-state index in [4.69, 9.17) is 16.3 Å². The molecule has 112 valence electrons. The molecule has 2 N–H and O–H groups in total. The molecule has 4 heteroatoms. The van der Waals surface area contributed by atoms with Crippen molar-refractivity contribution in [2.45, 2.75) is 39.2 Å². The van der Waals surface area contributed by atoms with Crippen LogP contribution in [0.2, 0.25) is 5.02 Å². The van der Waals surface area contributed by atoms with E-state index in [2.05, 4.69) is 0 Å². The van der Waals surface area contributed by atoms with Crippen molar-refractivity contribution < 1.29 is 14.7 Å². The van der Waals surface area contributed by atoms with Crippen LogP contribution < -0.4 is 9.64 Å². The van der Waals surface area contributed by atoms with Crippen LogP contribution in [0.15, 0.2) is 12.1 Å². The van der Waals surface area contributed by atoms with Gasteiger partial charge in [0.05, 0.1) is 13.1 Å². The Bertz CT molecular complexity index is 421. The van der Waals surface area contributed by atoms with Crippen LogP contribution in [0.3, 0.4) is 0 Å². The van der Waals surface area contributed by atoms with Crippen LogP contribution in [0.5, 0.6) is 5.75 Å². The average molecular weight is 299 g/mol. The highest BCUT2D eigenvalue weighted by atomic mass is 35.5. The third kappa shape index (κ3) is 4.37. The van der Waals surface area contributed by atoms with Gasteiger partial charge in [0.25, 0.3) is 0 Å². The van der Waals surface area contributed by atoms with E-state index in [-0.39, 0.29) is 0 Å². The minimum atomic E-state index is -0.403. The highest BCUT2D eigenvalue weighted by Gasteiger charge is 2.18. The molecule has 1 aromatic carbocycles. The monoisotopic (exact) mass is 298 g/mol. The topological polar surface area (TPSA) is 33.9 Å². The van der Waals surface area contributed by atoms with Crippen molar-refractivity contribution in [2.24, 2.45) is 0 Å². The van der Waals surface area contributed by atoms with Crippen molar-refractivity contribution in [3.05, 3.63) is 28.3 Å². The summed E-state index contributed by atoms with van der Waals surface area (Å²) in [5, 5.41) is 10.9. The fraction of sp³-hybridized carbons (Fsp3) is 0.625. The van der Waals surface area contributed by atoms with Gasteiger partial charge in [-0.2, -0.15) is 0 Å². The van der Waals surface area contributed by atoms with E-state index < -0.39 is 6.10 Å². The summed E-state index contributed by atoms with van der Waals surface area (Å²) in [6.07, 6.45) is 3.48. The summed E-state index contributed by atoms with van der Waals surface area (Å²) < 4.78 is 5.70. The molecule has 3 nitrogen and oxygen atoms in total. The lowest BCUT2D eigenvalue weighted by atomic mass is 10.1. The molecule has 2 rings (SSSR count). The molecule has 1 aliphatic heterocycles. The number of hydrogen-bond donors (Lipinski definition) is 2. The molecule has 0 radical (unpaired) electrons. The SMILES string of the molecule is Cc1cc(OC[C@@H](O)C[NH+]2CCCCC2)cc(C)c1Cl. The second-order valence-corrected chi connectivity index (χ2v) is 6.23. The summed E-state index contributed by atoms with van der Waals surface area (Å²) in [6.45, 7) is 7.43.